The van der Waals surface area contributed by atoms with E-state index in [1.807, 2.05) is 103 Å². The normalized spacial score (nSPS) is 12.6. The van der Waals surface area contributed by atoms with Crippen LogP contribution in [0, 0.1) is 0 Å². The molecular formula is C42H26N4O2. The van der Waals surface area contributed by atoms with Crippen LogP contribution in [0.15, 0.2) is 158 Å². The number of carbonyl (C=O) groups is 2. The first kappa shape index (κ1) is 27.6. The monoisotopic (exact) mass is 618 g/mol. The maximum atomic E-state index is 14.6. The average Bonchev–Trinajstić information content (AvgIpc) is 3.62. The number of hydrogen-bond acceptors (Lipinski definition) is 4. The zero-order valence-electron chi connectivity index (χ0n) is 25.6. The molecule has 0 N–H and O–H groups in total. The summed E-state index contributed by atoms with van der Waals surface area (Å²) in [5.41, 5.74) is 9.08. The van der Waals surface area contributed by atoms with Crippen molar-refractivity contribution in [1.82, 2.24) is 14.5 Å². The molecule has 1 aliphatic rings. The van der Waals surface area contributed by atoms with Crippen molar-refractivity contribution < 1.29 is 9.59 Å². The van der Waals surface area contributed by atoms with Gasteiger partial charge in [-0.2, -0.15) is 0 Å². The van der Waals surface area contributed by atoms with Gasteiger partial charge in [0, 0.05) is 39.9 Å². The zero-order chi connectivity index (χ0) is 32.2. The van der Waals surface area contributed by atoms with Gasteiger partial charge in [0.15, 0.2) is 0 Å². The highest BCUT2D eigenvalue weighted by atomic mass is 16.2. The third kappa shape index (κ3) is 4.27. The van der Waals surface area contributed by atoms with Crippen molar-refractivity contribution in [2.45, 2.75) is 0 Å². The van der Waals surface area contributed by atoms with Crippen LogP contribution in [0.1, 0.15) is 20.7 Å². The molecule has 0 bridgehead atoms. The van der Waals surface area contributed by atoms with Crippen molar-refractivity contribution >= 4 is 39.3 Å². The largest absolute Gasteiger partial charge is 0.308 e. The Kier molecular flexibility index (Phi) is 6.33. The van der Waals surface area contributed by atoms with E-state index < -0.39 is 0 Å². The van der Waals surface area contributed by atoms with Crippen LogP contribution >= 0.6 is 0 Å². The molecule has 226 valence electrons. The van der Waals surface area contributed by atoms with Crippen LogP contribution in [0.3, 0.4) is 0 Å². The summed E-state index contributed by atoms with van der Waals surface area (Å²) in [5, 5.41) is 2.05. The molecule has 0 spiro atoms. The zero-order valence-corrected chi connectivity index (χ0v) is 25.6. The molecule has 6 nitrogen and oxygen atoms in total. The molecule has 0 atom stereocenters. The Hall–Kier alpha value is -6.66. The number of carbonyl (C=O) groups excluding carboxylic acids is 2. The summed E-state index contributed by atoms with van der Waals surface area (Å²) in [6.07, 6.45) is 3.56. The molecule has 0 radical (unpaired) electrons. The summed E-state index contributed by atoms with van der Waals surface area (Å²) in [5.74, 6) is -0.699. The van der Waals surface area contributed by atoms with E-state index in [-0.39, 0.29) is 11.8 Å². The Morgan fingerprint density at radius 3 is 1.62 bits per heavy atom. The third-order valence-electron chi connectivity index (χ3n) is 9.05. The molecule has 1 aliphatic heterocycles. The second-order valence-corrected chi connectivity index (χ2v) is 11.8. The van der Waals surface area contributed by atoms with Gasteiger partial charge in [0.05, 0.1) is 44.9 Å². The summed E-state index contributed by atoms with van der Waals surface area (Å²) >= 11 is 0. The number of benzene rings is 5. The first-order valence-electron chi connectivity index (χ1n) is 15.7. The molecule has 0 unspecified atom stereocenters. The van der Waals surface area contributed by atoms with Crippen LogP contribution in [-0.4, -0.2) is 26.3 Å². The number of aromatic nitrogens is 3. The predicted molar refractivity (Wildman–Crippen MR) is 190 cm³/mol. The minimum atomic E-state index is -0.356. The number of imide groups is 1. The molecule has 2 amide bonds. The fraction of sp³-hybridized carbons (Fsp3) is 0. The highest BCUT2D eigenvalue weighted by molar-refractivity contribution is 6.36. The molecule has 0 saturated carbocycles. The molecule has 0 aliphatic carbocycles. The average molecular weight is 619 g/mol. The molecule has 48 heavy (non-hydrogen) atoms. The second-order valence-electron chi connectivity index (χ2n) is 11.8. The van der Waals surface area contributed by atoms with E-state index in [2.05, 4.69) is 50.9 Å². The molecule has 6 heteroatoms. The first-order chi connectivity index (χ1) is 23.7. The van der Waals surface area contributed by atoms with Gasteiger partial charge < -0.3 is 4.57 Å². The summed E-state index contributed by atoms with van der Waals surface area (Å²) in [6, 6.07) is 47.2. The lowest BCUT2D eigenvalue weighted by molar-refractivity contribution is 0.0926. The number of para-hydroxylation sites is 1. The van der Waals surface area contributed by atoms with Crippen molar-refractivity contribution in [2.24, 2.45) is 0 Å². The van der Waals surface area contributed by atoms with Crippen molar-refractivity contribution in [1.29, 1.82) is 0 Å². The summed E-state index contributed by atoms with van der Waals surface area (Å²) < 4.78 is 2.11. The van der Waals surface area contributed by atoms with Crippen LogP contribution < -0.4 is 4.90 Å². The van der Waals surface area contributed by atoms with E-state index >= 15 is 0 Å². The molecule has 4 heterocycles. The number of hydrogen-bond donors (Lipinski definition) is 0. The fourth-order valence-electron chi connectivity index (χ4n) is 6.87. The molecule has 8 aromatic rings. The lowest BCUT2D eigenvalue weighted by atomic mass is 10.0. The maximum absolute atomic E-state index is 14.6. The van der Waals surface area contributed by atoms with E-state index in [0.29, 0.717) is 22.5 Å². The van der Waals surface area contributed by atoms with Gasteiger partial charge in [-0.25, -0.2) is 4.90 Å². The number of fused-ring (bicyclic) bond motifs is 4. The third-order valence-corrected chi connectivity index (χ3v) is 9.05. The lowest BCUT2D eigenvalue weighted by Gasteiger charge is -2.18. The van der Waals surface area contributed by atoms with Crippen LogP contribution in [-0.2, 0) is 0 Å². The van der Waals surface area contributed by atoms with Crippen molar-refractivity contribution in [3.63, 3.8) is 0 Å². The number of pyridine rings is 2. The smallest absolute Gasteiger partial charge is 0.268 e. The summed E-state index contributed by atoms with van der Waals surface area (Å²) in [6.45, 7) is 0. The number of rotatable bonds is 5. The van der Waals surface area contributed by atoms with Gasteiger partial charge in [-0.1, -0.05) is 91.0 Å². The number of anilines is 1. The van der Waals surface area contributed by atoms with Gasteiger partial charge in [0.25, 0.3) is 11.8 Å². The number of amides is 2. The van der Waals surface area contributed by atoms with Gasteiger partial charge in [0.2, 0.25) is 0 Å². The van der Waals surface area contributed by atoms with Gasteiger partial charge in [-0.05, 0) is 60.2 Å². The highest BCUT2D eigenvalue weighted by Crippen LogP contribution is 2.41. The molecule has 5 aromatic carbocycles. The molecular weight excluding hydrogens is 592 g/mol. The minimum Gasteiger partial charge on any atom is -0.308 e. The van der Waals surface area contributed by atoms with Gasteiger partial charge >= 0.3 is 0 Å². The quantitative estimate of drug-likeness (QED) is 0.180. The Labute approximate surface area is 276 Å². The van der Waals surface area contributed by atoms with E-state index in [9.17, 15) is 9.59 Å². The van der Waals surface area contributed by atoms with E-state index in [4.69, 9.17) is 0 Å². The van der Waals surface area contributed by atoms with Crippen LogP contribution in [0.25, 0.3) is 61.1 Å². The Bertz CT molecular complexity index is 2440. The first-order valence-corrected chi connectivity index (χ1v) is 15.7. The lowest BCUT2D eigenvalue weighted by Crippen LogP contribution is -2.30. The second kappa shape index (κ2) is 11.0. The SMILES string of the molecule is O=C1c2cccc(-n3c4cc(-c5ccccn5)ccc4c4ccc(-c5ccccn5)cc43)c2C(=O)N1c1ccccc1-c1ccccc1. The van der Waals surface area contributed by atoms with Crippen LogP contribution in [0.4, 0.5) is 5.69 Å². The van der Waals surface area contributed by atoms with Crippen molar-refractivity contribution in [3.05, 3.63) is 169 Å². The van der Waals surface area contributed by atoms with Gasteiger partial charge in [-0.3, -0.25) is 19.6 Å². The Balaban J connectivity index is 1.29. The topological polar surface area (TPSA) is 68.1 Å². The van der Waals surface area contributed by atoms with E-state index in [0.717, 1.165) is 55.4 Å². The summed E-state index contributed by atoms with van der Waals surface area (Å²) in [4.78, 5) is 39.3. The van der Waals surface area contributed by atoms with Gasteiger partial charge in [-0.15, -0.1) is 0 Å². The van der Waals surface area contributed by atoms with E-state index in [1.54, 1.807) is 18.5 Å². The maximum Gasteiger partial charge on any atom is 0.268 e. The van der Waals surface area contributed by atoms with Crippen molar-refractivity contribution in [2.75, 3.05) is 4.90 Å². The van der Waals surface area contributed by atoms with E-state index in [1.165, 1.54) is 4.90 Å². The molecule has 0 fully saturated rings. The highest BCUT2D eigenvalue weighted by Gasteiger charge is 2.40. The standard InChI is InChI=1S/C42H26N4O2/c47-41-33-14-10-18-37(40(33)42(48)46(41)36-17-5-4-13-30(36)27-11-2-1-3-12-27)45-38-25-28(34-15-6-8-23-43-34)19-21-31(38)32-22-20-29(26-39(32)45)35-16-7-9-24-44-35/h1-26H. The summed E-state index contributed by atoms with van der Waals surface area (Å²) in [7, 11) is 0. The van der Waals surface area contributed by atoms with Crippen molar-refractivity contribution in [3.8, 4) is 39.3 Å². The Morgan fingerprint density at radius 1 is 0.438 bits per heavy atom. The Morgan fingerprint density at radius 2 is 1.00 bits per heavy atom. The molecule has 3 aromatic heterocycles. The molecule has 0 saturated heterocycles. The van der Waals surface area contributed by atoms with Crippen LogP contribution in [0.5, 0.6) is 0 Å². The molecule has 9 rings (SSSR count). The van der Waals surface area contributed by atoms with Crippen LogP contribution in [0.2, 0.25) is 0 Å². The minimum absolute atomic E-state index is 0.343. The number of nitrogens with zero attached hydrogens (tertiary/aromatic N) is 4. The fourth-order valence-corrected chi connectivity index (χ4v) is 6.87. The predicted octanol–water partition coefficient (Wildman–Crippen LogP) is 9.38. The van der Waals surface area contributed by atoms with Gasteiger partial charge in [0.1, 0.15) is 0 Å².